The second kappa shape index (κ2) is 4.13. The van der Waals surface area contributed by atoms with E-state index in [1.54, 1.807) is 0 Å². The molecular weight excluding hydrogens is 214 g/mol. The number of phenols is 1. The van der Waals surface area contributed by atoms with E-state index in [1.165, 1.54) is 0 Å². The number of rotatable bonds is 1. The fourth-order valence-electron chi connectivity index (χ4n) is 1.87. The number of hydrogen-bond donors (Lipinski definition) is 1. The summed E-state index contributed by atoms with van der Waals surface area (Å²) in [6, 6.07) is 3.82. The van der Waals surface area contributed by atoms with Crippen molar-refractivity contribution in [2.24, 2.45) is 0 Å². The van der Waals surface area contributed by atoms with Crippen LogP contribution in [0.2, 0.25) is 0 Å². The smallest absolute Gasteiger partial charge is 0.167 e. The van der Waals surface area contributed by atoms with Crippen LogP contribution in [0.3, 0.4) is 0 Å². The molecular formula is C13H15N3O. The molecule has 17 heavy (non-hydrogen) atoms. The molecule has 0 saturated heterocycles. The van der Waals surface area contributed by atoms with E-state index in [0.29, 0.717) is 23.0 Å². The van der Waals surface area contributed by atoms with Crippen LogP contribution in [0.25, 0.3) is 11.4 Å². The van der Waals surface area contributed by atoms with Gasteiger partial charge in [0, 0.05) is 0 Å². The second-order valence-electron chi connectivity index (χ2n) is 4.23. The summed E-state index contributed by atoms with van der Waals surface area (Å²) in [5.74, 6) is 2.08. The van der Waals surface area contributed by atoms with Crippen molar-refractivity contribution in [3.63, 3.8) is 0 Å². The number of benzene rings is 1. The maximum absolute atomic E-state index is 10.1. The Morgan fingerprint density at radius 3 is 2.06 bits per heavy atom. The van der Waals surface area contributed by atoms with Crippen molar-refractivity contribution in [3.05, 3.63) is 34.9 Å². The van der Waals surface area contributed by atoms with Crippen LogP contribution in [0.5, 0.6) is 5.75 Å². The van der Waals surface area contributed by atoms with Gasteiger partial charge < -0.3 is 5.11 Å². The third kappa shape index (κ3) is 2.25. The summed E-state index contributed by atoms with van der Waals surface area (Å²) in [5.41, 5.74) is 2.57. The van der Waals surface area contributed by atoms with Crippen molar-refractivity contribution in [3.8, 4) is 17.1 Å². The van der Waals surface area contributed by atoms with E-state index in [0.717, 1.165) is 11.1 Å². The number of nitrogens with zero attached hydrogens (tertiary/aromatic N) is 3. The summed E-state index contributed by atoms with van der Waals surface area (Å²) in [7, 11) is 0. The lowest BCUT2D eigenvalue weighted by Crippen LogP contribution is -1.99. The van der Waals surface area contributed by atoms with Gasteiger partial charge in [-0.2, -0.15) is 0 Å². The Morgan fingerprint density at radius 2 is 1.47 bits per heavy atom. The van der Waals surface area contributed by atoms with E-state index in [9.17, 15) is 5.11 Å². The first-order chi connectivity index (χ1) is 7.97. The van der Waals surface area contributed by atoms with Crippen LogP contribution in [0.1, 0.15) is 22.8 Å². The van der Waals surface area contributed by atoms with Gasteiger partial charge in [-0.15, -0.1) is 0 Å². The Balaban J connectivity index is 2.67. The lowest BCUT2D eigenvalue weighted by atomic mass is 10.1. The Morgan fingerprint density at radius 1 is 0.882 bits per heavy atom. The number of phenolic OH excluding ortho intramolecular Hbond substituents is 1. The first-order valence-electron chi connectivity index (χ1n) is 5.47. The Hall–Kier alpha value is -1.97. The summed E-state index contributed by atoms with van der Waals surface area (Å²) in [6.07, 6.45) is 0. The summed E-state index contributed by atoms with van der Waals surface area (Å²) in [6.45, 7) is 7.49. The molecule has 0 atom stereocenters. The minimum Gasteiger partial charge on any atom is -0.507 e. The van der Waals surface area contributed by atoms with Crippen LogP contribution in [0, 0.1) is 27.7 Å². The van der Waals surface area contributed by atoms with Crippen molar-refractivity contribution >= 4 is 0 Å². The van der Waals surface area contributed by atoms with Gasteiger partial charge in [0.2, 0.25) is 0 Å². The van der Waals surface area contributed by atoms with Crippen molar-refractivity contribution in [1.29, 1.82) is 0 Å². The Bertz CT molecular complexity index is 559. The first-order valence-corrected chi connectivity index (χ1v) is 5.47. The number of aryl methyl sites for hydroxylation is 4. The standard InChI is InChI=1S/C13H15N3O/c1-7-5-8(2)12(17)11(6-7)13-15-9(3)14-10(4)16-13/h5-6,17H,1-4H3. The van der Waals surface area contributed by atoms with Gasteiger partial charge in [-0.05, 0) is 44.9 Å². The van der Waals surface area contributed by atoms with Gasteiger partial charge in [-0.3, -0.25) is 0 Å². The monoisotopic (exact) mass is 229 g/mol. The molecule has 0 saturated carbocycles. The molecule has 0 unspecified atom stereocenters. The highest BCUT2D eigenvalue weighted by molar-refractivity contribution is 5.66. The minimum atomic E-state index is 0.237. The van der Waals surface area contributed by atoms with E-state index in [1.807, 2.05) is 39.8 Å². The molecule has 1 aromatic carbocycles. The Kier molecular flexibility index (Phi) is 2.79. The predicted molar refractivity (Wildman–Crippen MR) is 65.9 cm³/mol. The summed E-state index contributed by atoms with van der Waals surface area (Å²) >= 11 is 0. The molecule has 0 aliphatic carbocycles. The van der Waals surface area contributed by atoms with Crippen LogP contribution < -0.4 is 0 Å². The molecule has 2 rings (SSSR count). The largest absolute Gasteiger partial charge is 0.507 e. The average Bonchev–Trinajstić information content (AvgIpc) is 2.22. The molecule has 0 radical (unpaired) electrons. The maximum atomic E-state index is 10.1. The van der Waals surface area contributed by atoms with Gasteiger partial charge in [-0.1, -0.05) is 6.07 Å². The highest BCUT2D eigenvalue weighted by Gasteiger charge is 2.11. The fourth-order valence-corrected chi connectivity index (χ4v) is 1.87. The molecule has 88 valence electrons. The summed E-state index contributed by atoms with van der Waals surface area (Å²) in [4.78, 5) is 12.7. The molecule has 0 spiro atoms. The lowest BCUT2D eigenvalue weighted by molar-refractivity contribution is 0.472. The highest BCUT2D eigenvalue weighted by atomic mass is 16.3. The van der Waals surface area contributed by atoms with Gasteiger partial charge >= 0.3 is 0 Å². The highest BCUT2D eigenvalue weighted by Crippen LogP contribution is 2.30. The first kappa shape index (κ1) is 11.5. The zero-order chi connectivity index (χ0) is 12.6. The van der Waals surface area contributed by atoms with Crippen LogP contribution in [0.15, 0.2) is 12.1 Å². The lowest BCUT2D eigenvalue weighted by Gasteiger charge is -2.08. The molecule has 0 bridgehead atoms. The Labute approximate surface area is 100 Å². The molecule has 1 heterocycles. The van der Waals surface area contributed by atoms with Crippen molar-refractivity contribution in [2.45, 2.75) is 27.7 Å². The third-order valence-electron chi connectivity index (χ3n) is 2.54. The number of aromatic nitrogens is 3. The average molecular weight is 229 g/mol. The van der Waals surface area contributed by atoms with E-state index in [-0.39, 0.29) is 5.75 Å². The quantitative estimate of drug-likeness (QED) is 0.816. The van der Waals surface area contributed by atoms with Crippen molar-refractivity contribution in [1.82, 2.24) is 15.0 Å². The number of aromatic hydroxyl groups is 1. The van der Waals surface area contributed by atoms with Crippen LogP contribution >= 0.6 is 0 Å². The minimum absolute atomic E-state index is 0.237. The molecule has 0 aliphatic heterocycles. The molecule has 0 fully saturated rings. The van der Waals surface area contributed by atoms with Crippen molar-refractivity contribution < 1.29 is 5.11 Å². The van der Waals surface area contributed by atoms with E-state index in [4.69, 9.17) is 0 Å². The number of hydrogen-bond acceptors (Lipinski definition) is 4. The van der Waals surface area contributed by atoms with Gasteiger partial charge in [0.25, 0.3) is 0 Å². The van der Waals surface area contributed by atoms with Crippen LogP contribution in [0.4, 0.5) is 0 Å². The normalized spacial score (nSPS) is 10.6. The van der Waals surface area contributed by atoms with Crippen LogP contribution in [-0.4, -0.2) is 20.1 Å². The molecule has 4 heteroatoms. The van der Waals surface area contributed by atoms with Crippen molar-refractivity contribution in [2.75, 3.05) is 0 Å². The van der Waals surface area contributed by atoms with Gasteiger partial charge in [-0.25, -0.2) is 15.0 Å². The molecule has 2 aromatic rings. The molecule has 1 N–H and O–H groups in total. The van der Waals surface area contributed by atoms with E-state index < -0.39 is 0 Å². The summed E-state index contributed by atoms with van der Waals surface area (Å²) < 4.78 is 0. The zero-order valence-corrected chi connectivity index (χ0v) is 10.4. The summed E-state index contributed by atoms with van der Waals surface area (Å²) in [5, 5.41) is 10.1. The fraction of sp³-hybridized carbons (Fsp3) is 0.308. The van der Waals surface area contributed by atoms with Crippen LogP contribution in [-0.2, 0) is 0 Å². The van der Waals surface area contributed by atoms with E-state index >= 15 is 0 Å². The van der Waals surface area contributed by atoms with Gasteiger partial charge in [0.05, 0.1) is 5.56 Å². The maximum Gasteiger partial charge on any atom is 0.167 e. The molecule has 0 amide bonds. The molecule has 4 nitrogen and oxygen atoms in total. The van der Waals surface area contributed by atoms with Gasteiger partial charge in [0.1, 0.15) is 17.4 Å². The molecule has 1 aromatic heterocycles. The van der Waals surface area contributed by atoms with E-state index in [2.05, 4.69) is 15.0 Å². The zero-order valence-electron chi connectivity index (χ0n) is 10.4. The topological polar surface area (TPSA) is 58.9 Å². The SMILES string of the molecule is Cc1cc(C)c(O)c(-c2nc(C)nc(C)n2)c1. The molecule has 0 aliphatic rings. The third-order valence-corrected chi connectivity index (χ3v) is 2.54. The van der Waals surface area contributed by atoms with Gasteiger partial charge in [0.15, 0.2) is 5.82 Å². The second-order valence-corrected chi connectivity index (χ2v) is 4.23. The predicted octanol–water partition coefficient (Wildman–Crippen LogP) is 2.48.